The Morgan fingerprint density at radius 1 is 1.06 bits per heavy atom. The maximum atomic E-state index is 11.9. The minimum Gasteiger partial charge on any atom is -0.507 e. The lowest BCUT2D eigenvalue weighted by atomic mass is 10.0. The Morgan fingerprint density at radius 2 is 1.56 bits per heavy atom. The van der Waals surface area contributed by atoms with Crippen LogP contribution in [0.15, 0.2) is 67.3 Å². The normalized spacial score (nSPS) is 8.94. The topological polar surface area (TPSA) is 37.3 Å². The average Bonchev–Trinajstić information content (AvgIpc) is 2.40. The average molecular weight is 240 g/mol. The zero-order chi connectivity index (χ0) is 13.4. The molecule has 1 N–H and O–H groups in total. The molecule has 0 saturated carbocycles. The molecule has 0 saturated heterocycles. The number of hydrogen-bond donors (Lipinski definition) is 1. The summed E-state index contributed by atoms with van der Waals surface area (Å²) in [6, 6.07) is 15.5. The van der Waals surface area contributed by atoms with E-state index in [4.69, 9.17) is 0 Å². The predicted octanol–water partition coefficient (Wildman–Crippen LogP) is 3.82. The molecule has 0 atom stereocenters. The highest BCUT2D eigenvalue weighted by Gasteiger charge is 2.11. The van der Waals surface area contributed by atoms with Crippen molar-refractivity contribution in [1.82, 2.24) is 0 Å². The van der Waals surface area contributed by atoms with Crippen molar-refractivity contribution in [2.45, 2.75) is 6.92 Å². The van der Waals surface area contributed by atoms with Gasteiger partial charge in [-0.1, -0.05) is 48.5 Å². The third-order valence-corrected chi connectivity index (χ3v) is 2.18. The minimum absolute atomic E-state index is 0.0198. The maximum Gasteiger partial charge on any atom is 0.196 e. The molecule has 0 aliphatic heterocycles. The Bertz CT molecular complexity index is 516. The number of phenols is 1. The molecule has 2 rings (SSSR count). The summed E-state index contributed by atoms with van der Waals surface area (Å²) in [5.74, 6) is -0.139. The molecular formula is C16H16O2. The third kappa shape index (κ3) is 3.59. The molecule has 0 amide bonds. The first kappa shape index (κ1) is 13.7. The van der Waals surface area contributed by atoms with E-state index >= 15 is 0 Å². The summed E-state index contributed by atoms with van der Waals surface area (Å²) in [5.41, 5.74) is 0.919. The van der Waals surface area contributed by atoms with Crippen molar-refractivity contribution in [2.75, 3.05) is 0 Å². The van der Waals surface area contributed by atoms with Gasteiger partial charge in [-0.2, -0.15) is 0 Å². The lowest BCUT2D eigenvalue weighted by molar-refractivity contribution is 0.103. The second kappa shape index (κ2) is 7.07. The van der Waals surface area contributed by atoms with Crippen LogP contribution >= 0.6 is 0 Å². The molecule has 2 nitrogen and oxygen atoms in total. The quantitative estimate of drug-likeness (QED) is 0.640. The van der Waals surface area contributed by atoms with Gasteiger partial charge in [-0.25, -0.2) is 0 Å². The summed E-state index contributed by atoms with van der Waals surface area (Å²) in [5, 5.41) is 9.52. The van der Waals surface area contributed by atoms with E-state index in [1.165, 1.54) is 6.07 Å². The van der Waals surface area contributed by atoms with Crippen LogP contribution in [0.5, 0.6) is 5.75 Å². The van der Waals surface area contributed by atoms with Crippen molar-refractivity contribution in [3.63, 3.8) is 0 Å². The third-order valence-electron chi connectivity index (χ3n) is 2.18. The highest BCUT2D eigenvalue weighted by molar-refractivity contribution is 6.10. The summed E-state index contributed by atoms with van der Waals surface area (Å²) in [6.07, 6.45) is 1.75. The van der Waals surface area contributed by atoms with E-state index in [1.54, 1.807) is 48.5 Å². The van der Waals surface area contributed by atoms with Gasteiger partial charge in [-0.05, 0) is 19.1 Å². The first-order chi connectivity index (χ1) is 8.70. The van der Waals surface area contributed by atoms with Gasteiger partial charge in [0.1, 0.15) is 5.75 Å². The Balaban J connectivity index is 0.000000492. The number of aromatic hydroxyl groups is 1. The largest absolute Gasteiger partial charge is 0.507 e. The summed E-state index contributed by atoms with van der Waals surface area (Å²) in [6.45, 7) is 5.25. The van der Waals surface area contributed by atoms with Gasteiger partial charge in [0, 0.05) is 5.56 Å². The number of para-hydroxylation sites is 1. The molecule has 0 heterocycles. The number of rotatable bonds is 2. The number of carbonyl (C=O) groups excluding carboxylic acids is 1. The fourth-order valence-electron chi connectivity index (χ4n) is 1.41. The molecule has 0 aliphatic carbocycles. The van der Waals surface area contributed by atoms with Gasteiger partial charge in [0.15, 0.2) is 5.78 Å². The lowest BCUT2D eigenvalue weighted by Gasteiger charge is -2.02. The second-order valence-electron chi connectivity index (χ2n) is 3.62. The Morgan fingerprint density at radius 3 is 2.11 bits per heavy atom. The molecule has 0 aliphatic rings. The van der Waals surface area contributed by atoms with Gasteiger partial charge in [0.2, 0.25) is 0 Å². The fourth-order valence-corrected chi connectivity index (χ4v) is 1.41. The van der Waals surface area contributed by atoms with Gasteiger partial charge in [0.05, 0.1) is 5.56 Å². The lowest BCUT2D eigenvalue weighted by Crippen LogP contribution is -2.00. The van der Waals surface area contributed by atoms with Crippen molar-refractivity contribution >= 4 is 5.78 Å². The number of carbonyl (C=O) groups is 1. The molecular weight excluding hydrogens is 224 g/mol. The van der Waals surface area contributed by atoms with E-state index in [0.717, 1.165) is 0 Å². The zero-order valence-corrected chi connectivity index (χ0v) is 10.3. The molecule has 2 heteroatoms. The smallest absolute Gasteiger partial charge is 0.196 e. The van der Waals surface area contributed by atoms with Crippen LogP contribution in [0, 0.1) is 0 Å². The van der Waals surface area contributed by atoms with E-state index in [0.29, 0.717) is 11.1 Å². The first-order valence-corrected chi connectivity index (χ1v) is 5.65. The van der Waals surface area contributed by atoms with Crippen LogP contribution in [0.1, 0.15) is 22.8 Å². The van der Waals surface area contributed by atoms with Crippen LogP contribution in [0.25, 0.3) is 0 Å². The van der Waals surface area contributed by atoms with Crippen LogP contribution in [-0.4, -0.2) is 10.9 Å². The van der Waals surface area contributed by atoms with Crippen molar-refractivity contribution in [2.24, 2.45) is 0 Å². The number of benzene rings is 2. The second-order valence-corrected chi connectivity index (χ2v) is 3.62. The van der Waals surface area contributed by atoms with Crippen molar-refractivity contribution < 1.29 is 9.90 Å². The fraction of sp³-hybridized carbons (Fsp3) is 0.0625. The molecule has 0 fully saturated rings. The van der Waals surface area contributed by atoms with E-state index in [9.17, 15) is 9.90 Å². The molecule has 0 unspecified atom stereocenters. The molecule has 0 bridgehead atoms. The van der Waals surface area contributed by atoms with Crippen LogP contribution in [0.4, 0.5) is 0 Å². The maximum absolute atomic E-state index is 11.9. The van der Waals surface area contributed by atoms with Crippen LogP contribution in [0.2, 0.25) is 0 Å². The van der Waals surface area contributed by atoms with Crippen molar-refractivity contribution in [3.8, 4) is 5.75 Å². The number of allylic oxidation sites excluding steroid dienone is 1. The van der Waals surface area contributed by atoms with E-state index in [1.807, 2.05) is 13.0 Å². The van der Waals surface area contributed by atoms with Gasteiger partial charge in [-0.3, -0.25) is 4.79 Å². The highest BCUT2D eigenvalue weighted by atomic mass is 16.3. The predicted molar refractivity (Wildman–Crippen MR) is 73.9 cm³/mol. The van der Waals surface area contributed by atoms with Crippen LogP contribution in [-0.2, 0) is 0 Å². The summed E-state index contributed by atoms with van der Waals surface area (Å²) in [7, 11) is 0. The monoisotopic (exact) mass is 240 g/mol. The molecule has 18 heavy (non-hydrogen) atoms. The molecule has 0 radical (unpaired) electrons. The number of hydrogen-bond acceptors (Lipinski definition) is 2. The molecule has 0 aromatic heterocycles. The molecule has 92 valence electrons. The number of ketones is 1. The number of phenolic OH excluding ortho intramolecular Hbond substituents is 1. The van der Waals surface area contributed by atoms with Gasteiger partial charge < -0.3 is 5.11 Å². The summed E-state index contributed by atoms with van der Waals surface area (Å²) >= 11 is 0. The minimum atomic E-state index is -0.159. The van der Waals surface area contributed by atoms with Crippen LogP contribution in [0.3, 0.4) is 0 Å². The molecule has 0 spiro atoms. The van der Waals surface area contributed by atoms with Gasteiger partial charge in [-0.15, -0.1) is 6.58 Å². The zero-order valence-electron chi connectivity index (χ0n) is 10.3. The van der Waals surface area contributed by atoms with Gasteiger partial charge in [0.25, 0.3) is 0 Å². The summed E-state index contributed by atoms with van der Waals surface area (Å²) in [4.78, 5) is 11.9. The van der Waals surface area contributed by atoms with Crippen molar-refractivity contribution in [1.29, 1.82) is 0 Å². The SMILES string of the molecule is C=CC.O=C(c1ccccc1)c1ccccc1O. The highest BCUT2D eigenvalue weighted by Crippen LogP contribution is 2.19. The Labute approximate surface area is 107 Å². The van der Waals surface area contributed by atoms with Crippen LogP contribution < -0.4 is 0 Å². The van der Waals surface area contributed by atoms with E-state index in [2.05, 4.69) is 6.58 Å². The van der Waals surface area contributed by atoms with E-state index in [-0.39, 0.29) is 11.5 Å². The van der Waals surface area contributed by atoms with Crippen molar-refractivity contribution in [3.05, 3.63) is 78.4 Å². The van der Waals surface area contributed by atoms with E-state index < -0.39 is 0 Å². The Hall–Kier alpha value is -2.35. The molecule has 2 aromatic carbocycles. The molecule has 2 aromatic rings. The standard InChI is InChI=1S/C13H10O2.C3H6/c14-12-9-5-4-8-11(12)13(15)10-6-2-1-3-7-10;1-3-2/h1-9,14H;3H,1H2,2H3. The first-order valence-electron chi connectivity index (χ1n) is 5.65. The Kier molecular flexibility index (Phi) is 5.39. The summed E-state index contributed by atoms with van der Waals surface area (Å²) < 4.78 is 0. The van der Waals surface area contributed by atoms with Gasteiger partial charge >= 0.3 is 0 Å².